The lowest BCUT2D eigenvalue weighted by Crippen LogP contribution is -2.04. The van der Waals surface area contributed by atoms with Crippen LogP contribution in [-0.2, 0) is 4.74 Å². The van der Waals surface area contributed by atoms with E-state index in [4.69, 9.17) is 9.47 Å². The van der Waals surface area contributed by atoms with E-state index in [1.165, 1.54) is 4.80 Å². The summed E-state index contributed by atoms with van der Waals surface area (Å²) >= 11 is 4.13. The molecular formula is C20H18N4O4S. The van der Waals surface area contributed by atoms with Crippen molar-refractivity contribution in [1.82, 2.24) is 20.0 Å². The Morgan fingerprint density at radius 2 is 1.97 bits per heavy atom. The van der Waals surface area contributed by atoms with Crippen LogP contribution in [0.15, 0.2) is 42.6 Å². The van der Waals surface area contributed by atoms with Crippen molar-refractivity contribution in [2.45, 2.75) is 6.92 Å². The topological polar surface area (TPSA) is 99.4 Å². The molecular weight excluding hydrogens is 392 g/mol. The largest absolute Gasteiger partial charge is 0.505 e. The lowest BCUT2D eigenvalue weighted by atomic mass is 10.1. The predicted molar refractivity (Wildman–Crippen MR) is 111 cm³/mol. The van der Waals surface area contributed by atoms with Crippen LogP contribution in [0.4, 0.5) is 0 Å². The fourth-order valence-electron chi connectivity index (χ4n) is 2.98. The summed E-state index contributed by atoms with van der Waals surface area (Å²) in [6, 6.07) is 10.1. The first-order chi connectivity index (χ1) is 14.1. The average molecular weight is 410 g/mol. The van der Waals surface area contributed by atoms with Gasteiger partial charge in [-0.3, -0.25) is 0 Å². The van der Waals surface area contributed by atoms with Gasteiger partial charge in [0.2, 0.25) is 5.88 Å². The Balaban J connectivity index is 1.77. The number of carbonyl (C=O) groups is 1. The number of ether oxygens (including phenoxy) is 2. The summed E-state index contributed by atoms with van der Waals surface area (Å²) in [5.41, 5.74) is 1.90. The summed E-state index contributed by atoms with van der Waals surface area (Å²) in [6.07, 6.45) is 1.57. The Hall–Kier alpha value is -3.33. The quantitative estimate of drug-likeness (QED) is 0.372. The molecule has 8 nitrogen and oxygen atoms in total. The molecule has 0 aliphatic heterocycles. The van der Waals surface area contributed by atoms with Gasteiger partial charge in [-0.2, -0.15) is 12.6 Å². The number of fused-ring (bicyclic) bond motifs is 2. The first kappa shape index (κ1) is 19.0. The maximum Gasteiger partial charge on any atom is 0.338 e. The van der Waals surface area contributed by atoms with E-state index in [-0.39, 0.29) is 5.75 Å². The van der Waals surface area contributed by atoms with Gasteiger partial charge in [0.15, 0.2) is 5.75 Å². The maximum absolute atomic E-state index is 11.9. The Bertz CT molecular complexity index is 1210. The van der Waals surface area contributed by atoms with Gasteiger partial charge in [0.25, 0.3) is 0 Å². The first-order valence-corrected chi connectivity index (χ1v) is 9.64. The number of phenolic OH excluding ortho intramolecular Hbond substituents is 1. The van der Waals surface area contributed by atoms with Crippen molar-refractivity contribution in [3.8, 4) is 17.3 Å². The summed E-state index contributed by atoms with van der Waals surface area (Å²) in [4.78, 5) is 17.5. The molecule has 4 rings (SSSR count). The van der Waals surface area contributed by atoms with Gasteiger partial charge in [-0.1, -0.05) is 0 Å². The zero-order chi connectivity index (χ0) is 20.4. The van der Waals surface area contributed by atoms with E-state index < -0.39 is 5.97 Å². The summed E-state index contributed by atoms with van der Waals surface area (Å²) in [5, 5.41) is 20.9. The van der Waals surface area contributed by atoms with Gasteiger partial charge >= 0.3 is 5.97 Å². The van der Waals surface area contributed by atoms with Crippen molar-refractivity contribution in [1.29, 1.82) is 0 Å². The molecule has 0 aliphatic rings. The van der Waals surface area contributed by atoms with Gasteiger partial charge in [-0.15, -0.1) is 15.0 Å². The van der Waals surface area contributed by atoms with Crippen LogP contribution in [0.25, 0.3) is 27.5 Å². The standard InChI is InChI=1S/C20H18N4O4S/c1-2-27-20(26)12-3-5-15-16(11-12)23-24(22-15)17-6-4-14-13(18(17)25)7-8-21-19(14)28-9-10-29/h3-8,11,25,29H,2,9-10H2,1H3. The summed E-state index contributed by atoms with van der Waals surface area (Å²) in [6.45, 7) is 2.45. The van der Waals surface area contributed by atoms with Crippen molar-refractivity contribution in [3.63, 3.8) is 0 Å². The van der Waals surface area contributed by atoms with Crippen LogP contribution in [0.2, 0.25) is 0 Å². The second-order valence-electron chi connectivity index (χ2n) is 6.13. The Kier molecular flexibility index (Phi) is 5.22. The summed E-state index contributed by atoms with van der Waals surface area (Å²) < 4.78 is 10.6. The number of thiol groups is 1. The second-order valence-corrected chi connectivity index (χ2v) is 6.58. The number of phenols is 1. The van der Waals surface area contributed by atoms with Crippen LogP contribution in [0.5, 0.6) is 11.6 Å². The van der Waals surface area contributed by atoms with E-state index in [1.54, 1.807) is 49.5 Å². The zero-order valence-electron chi connectivity index (χ0n) is 15.6. The Labute approximate surface area is 171 Å². The molecule has 0 aliphatic carbocycles. The Morgan fingerprint density at radius 3 is 2.76 bits per heavy atom. The van der Waals surface area contributed by atoms with Gasteiger partial charge in [-0.05, 0) is 43.3 Å². The molecule has 9 heteroatoms. The van der Waals surface area contributed by atoms with E-state index in [0.29, 0.717) is 57.9 Å². The SMILES string of the molecule is CCOC(=O)c1ccc2nn(-c3ccc4c(OCCS)nccc4c3O)nc2c1. The molecule has 0 unspecified atom stereocenters. The lowest BCUT2D eigenvalue weighted by molar-refractivity contribution is 0.0526. The van der Waals surface area contributed by atoms with Crippen LogP contribution in [-0.4, -0.2) is 50.0 Å². The van der Waals surface area contributed by atoms with Crippen LogP contribution in [0.1, 0.15) is 17.3 Å². The first-order valence-electron chi connectivity index (χ1n) is 9.01. The molecule has 2 aromatic carbocycles. The van der Waals surface area contributed by atoms with E-state index in [2.05, 4.69) is 27.8 Å². The molecule has 0 radical (unpaired) electrons. The van der Waals surface area contributed by atoms with E-state index in [9.17, 15) is 9.90 Å². The molecule has 0 atom stereocenters. The van der Waals surface area contributed by atoms with Gasteiger partial charge in [0.05, 0.1) is 18.8 Å². The molecule has 148 valence electrons. The highest BCUT2D eigenvalue weighted by molar-refractivity contribution is 7.80. The highest BCUT2D eigenvalue weighted by atomic mass is 32.1. The normalized spacial score (nSPS) is 11.1. The smallest absolute Gasteiger partial charge is 0.338 e. The number of esters is 1. The van der Waals surface area contributed by atoms with Gasteiger partial charge in [0, 0.05) is 22.7 Å². The number of carbonyl (C=O) groups excluding carboxylic acids is 1. The van der Waals surface area contributed by atoms with Crippen molar-refractivity contribution < 1.29 is 19.4 Å². The molecule has 0 bridgehead atoms. The fourth-order valence-corrected chi connectivity index (χ4v) is 3.07. The van der Waals surface area contributed by atoms with Crippen LogP contribution >= 0.6 is 12.6 Å². The molecule has 1 N–H and O–H groups in total. The van der Waals surface area contributed by atoms with E-state index >= 15 is 0 Å². The number of hydrogen-bond donors (Lipinski definition) is 2. The molecule has 2 aromatic heterocycles. The van der Waals surface area contributed by atoms with Crippen molar-refractivity contribution >= 4 is 40.4 Å². The second kappa shape index (κ2) is 7.96. The van der Waals surface area contributed by atoms with Crippen molar-refractivity contribution in [2.24, 2.45) is 0 Å². The molecule has 2 heterocycles. The molecule has 4 aromatic rings. The molecule has 0 spiro atoms. The van der Waals surface area contributed by atoms with Crippen LogP contribution in [0.3, 0.4) is 0 Å². The highest BCUT2D eigenvalue weighted by Gasteiger charge is 2.16. The predicted octanol–water partition coefficient (Wildman–Crippen LogP) is 3.16. The minimum atomic E-state index is -0.418. The molecule has 0 saturated carbocycles. The zero-order valence-corrected chi connectivity index (χ0v) is 16.5. The maximum atomic E-state index is 11.9. The number of benzene rings is 2. The van der Waals surface area contributed by atoms with Crippen LogP contribution < -0.4 is 4.74 Å². The molecule has 0 fully saturated rings. The fraction of sp³-hybridized carbons (Fsp3) is 0.200. The average Bonchev–Trinajstić information content (AvgIpc) is 3.15. The third-order valence-electron chi connectivity index (χ3n) is 4.30. The third kappa shape index (κ3) is 3.56. The van der Waals surface area contributed by atoms with Crippen molar-refractivity contribution in [3.05, 3.63) is 48.2 Å². The van der Waals surface area contributed by atoms with Crippen LogP contribution in [0, 0.1) is 0 Å². The number of pyridine rings is 1. The number of aromatic hydroxyl groups is 1. The van der Waals surface area contributed by atoms with Crippen molar-refractivity contribution in [2.75, 3.05) is 19.0 Å². The molecule has 0 saturated heterocycles. The van der Waals surface area contributed by atoms with Gasteiger partial charge in [0.1, 0.15) is 16.7 Å². The lowest BCUT2D eigenvalue weighted by Gasteiger charge is -2.10. The summed E-state index contributed by atoms with van der Waals surface area (Å²) in [5.74, 6) is 0.570. The molecule has 0 amide bonds. The number of rotatable bonds is 6. The Morgan fingerprint density at radius 1 is 1.14 bits per heavy atom. The van der Waals surface area contributed by atoms with Gasteiger partial charge in [-0.25, -0.2) is 9.78 Å². The monoisotopic (exact) mass is 410 g/mol. The number of hydrogen-bond acceptors (Lipinski definition) is 8. The minimum absolute atomic E-state index is 0.00606. The van der Waals surface area contributed by atoms with E-state index in [0.717, 1.165) is 0 Å². The highest BCUT2D eigenvalue weighted by Crippen LogP contribution is 2.34. The molecule has 29 heavy (non-hydrogen) atoms. The summed E-state index contributed by atoms with van der Waals surface area (Å²) in [7, 11) is 0. The third-order valence-corrected chi connectivity index (χ3v) is 4.48. The number of nitrogens with zero attached hydrogens (tertiary/aromatic N) is 4. The number of aromatic nitrogens is 4. The minimum Gasteiger partial charge on any atom is -0.505 e. The van der Waals surface area contributed by atoms with E-state index in [1.807, 2.05) is 0 Å². The van der Waals surface area contributed by atoms with Gasteiger partial charge < -0.3 is 14.6 Å².